The Kier molecular flexibility index (Phi) is 8.19. The Bertz CT molecular complexity index is 960. The van der Waals surface area contributed by atoms with Crippen molar-refractivity contribution in [3.8, 4) is 0 Å². The molecule has 0 bridgehead atoms. The van der Waals surface area contributed by atoms with E-state index in [4.69, 9.17) is 4.74 Å². The second kappa shape index (κ2) is 10.9. The largest absolute Gasteiger partial charge is 0.463 e. The quantitative estimate of drug-likeness (QED) is 0.622. The first kappa shape index (κ1) is 25.6. The molecule has 1 fully saturated rings. The minimum absolute atomic E-state index is 0.00553. The Morgan fingerprint density at radius 3 is 2.56 bits per heavy atom. The number of rotatable bonds is 6. The predicted octanol–water partition coefficient (Wildman–Crippen LogP) is 2.63. The molecule has 1 aromatic carbocycles. The van der Waals surface area contributed by atoms with Crippen LogP contribution >= 0.6 is 0 Å². The lowest BCUT2D eigenvalue weighted by Gasteiger charge is -2.42. The molecule has 3 rings (SSSR count). The zero-order valence-electron chi connectivity index (χ0n) is 21.1. The first-order chi connectivity index (χ1) is 16.1. The van der Waals surface area contributed by atoms with Crippen LogP contribution in [0, 0.1) is 6.92 Å². The van der Waals surface area contributed by atoms with E-state index in [1.807, 2.05) is 56.9 Å². The number of piperazine rings is 1. The molecule has 0 spiro atoms. The molecule has 2 heterocycles. The second-order valence-corrected chi connectivity index (χ2v) is 9.26. The number of amides is 4. The van der Waals surface area contributed by atoms with E-state index in [1.165, 1.54) is 4.90 Å². The summed E-state index contributed by atoms with van der Waals surface area (Å²) in [5.41, 5.74) is 2.93. The number of hydrogen-bond acceptors (Lipinski definition) is 5. The molecular formula is C25H37N5O4. The summed E-state index contributed by atoms with van der Waals surface area (Å²) in [5, 5.41) is 5.93. The van der Waals surface area contributed by atoms with Crippen LogP contribution in [0.3, 0.4) is 0 Å². The highest BCUT2D eigenvalue weighted by Crippen LogP contribution is 2.33. The van der Waals surface area contributed by atoms with Crippen LogP contribution in [0.15, 0.2) is 35.5 Å². The molecule has 0 aromatic heterocycles. The molecule has 0 saturated carbocycles. The van der Waals surface area contributed by atoms with Crippen molar-refractivity contribution in [1.82, 2.24) is 25.3 Å². The number of benzene rings is 1. The summed E-state index contributed by atoms with van der Waals surface area (Å²) in [4.78, 5) is 44.1. The van der Waals surface area contributed by atoms with Crippen molar-refractivity contribution in [2.24, 2.45) is 0 Å². The monoisotopic (exact) mass is 471 g/mol. The SMILES string of the molecule is CCOC(=O)C1=C(CN2CCN(C(=O)NC(C)C)C(C)C2)N(C)C(=O)NC1c1ccccc1C. The van der Waals surface area contributed by atoms with Crippen molar-refractivity contribution in [2.75, 3.05) is 39.8 Å². The standard InChI is InChI=1S/C25H37N5O4/c1-7-34-23(31)21-20(15-29-12-13-30(18(5)14-29)25(33)26-16(2)3)28(6)24(32)27-22(21)19-11-9-8-10-17(19)4/h8-11,16,18,22H,7,12-15H2,1-6H3,(H,26,33)(H,27,32). The number of carbonyl (C=O) groups is 3. The van der Waals surface area contributed by atoms with Crippen LogP contribution in [0.25, 0.3) is 0 Å². The molecule has 2 N–H and O–H groups in total. The van der Waals surface area contributed by atoms with Gasteiger partial charge >= 0.3 is 18.0 Å². The maximum atomic E-state index is 13.2. The molecular weight excluding hydrogens is 434 g/mol. The van der Waals surface area contributed by atoms with Crippen molar-refractivity contribution < 1.29 is 19.1 Å². The highest BCUT2D eigenvalue weighted by Gasteiger charge is 2.38. The maximum absolute atomic E-state index is 13.2. The highest BCUT2D eigenvalue weighted by atomic mass is 16.5. The summed E-state index contributed by atoms with van der Waals surface area (Å²) in [6.45, 7) is 12.1. The molecule has 186 valence electrons. The summed E-state index contributed by atoms with van der Waals surface area (Å²) in [5.74, 6) is -0.430. The van der Waals surface area contributed by atoms with Crippen LogP contribution in [-0.2, 0) is 9.53 Å². The van der Waals surface area contributed by atoms with E-state index in [0.717, 1.165) is 11.1 Å². The molecule has 4 amide bonds. The van der Waals surface area contributed by atoms with Gasteiger partial charge in [-0.15, -0.1) is 0 Å². The van der Waals surface area contributed by atoms with Gasteiger partial charge in [-0.25, -0.2) is 14.4 Å². The molecule has 0 radical (unpaired) electrons. The number of nitrogens with one attached hydrogen (secondary N) is 2. The third-order valence-electron chi connectivity index (χ3n) is 6.33. The Labute approximate surface area is 202 Å². The van der Waals surface area contributed by atoms with Crippen molar-refractivity contribution >= 4 is 18.0 Å². The molecule has 2 aliphatic heterocycles. The molecule has 9 nitrogen and oxygen atoms in total. The van der Waals surface area contributed by atoms with Gasteiger partial charge in [-0.05, 0) is 45.7 Å². The fourth-order valence-corrected chi connectivity index (χ4v) is 4.56. The van der Waals surface area contributed by atoms with Crippen molar-refractivity contribution in [2.45, 2.75) is 52.7 Å². The lowest BCUT2D eigenvalue weighted by molar-refractivity contribution is -0.139. The minimum Gasteiger partial charge on any atom is -0.463 e. The molecule has 34 heavy (non-hydrogen) atoms. The minimum atomic E-state index is -0.588. The molecule has 2 atom stereocenters. The Morgan fingerprint density at radius 2 is 1.94 bits per heavy atom. The van der Waals surface area contributed by atoms with Crippen molar-refractivity contribution in [3.63, 3.8) is 0 Å². The molecule has 1 aromatic rings. The second-order valence-electron chi connectivity index (χ2n) is 9.26. The topological polar surface area (TPSA) is 94.2 Å². The zero-order chi connectivity index (χ0) is 25.0. The number of ether oxygens (including phenoxy) is 1. The number of nitrogens with zero attached hydrogens (tertiary/aromatic N) is 3. The lowest BCUT2D eigenvalue weighted by atomic mass is 9.91. The first-order valence-corrected chi connectivity index (χ1v) is 11.9. The van der Waals surface area contributed by atoms with Crippen molar-refractivity contribution in [1.29, 1.82) is 0 Å². The third-order valence-corrected chi connectivity index (χ3v) is 6.33. The molecule has 9 heteroatoms. The normalized spacial score (nSPS) is 21.6. The van der Waals surface area contributed by atoms with Gasteiger partial charge in [0.05, 0.1) is 18.2 Å². The van der Waals surface area contributed by atoms with Gasteiger partial charge in [0.2, 0.25) is 0 Å². The maximum Gasteiger partial charge on any atom is 0.338 e. The van der Waals surface area contributed by atoms with E-state index in [-0.39, 0.29) is 30.8 Å². The van der Waals surface area contributed by atoms with Crippen LogP contribution in [0.2, 0.25) is 0 Å². The number of esters is 1. The van der Waals surface area contributed by atoms with Gasteiger partial charge < -0.3 is 20.3 Å². The van der Waals surface area contributed by atoms with E-state index in [0.29, 0.717) is 37.4 Å². The van der Waals surface area contributed by atoms with Crippen LogP contribution < -0.4 is 10.6 Å². The predicted molar refractivity (Wildman–Crippen MR) is 130 cm³/mol. The Balaban J connectivity index is 1.91. The number of hydrogen-bond donors (Lipinski definition) is 2. The van der Waals surface area contributed by atoms with Gasteiger partial charge in [0.25, 0.3) is 0 Å². The number of likely N-dealkylation sites (N-methyl/N-ethyl adjacent to an activating group) is 1. The molecule has 1 saturated heterocycles. The van der Waals surface area contributed by atoms with E-state index in [9.17, 15) is 14.4 Å². The van der Waals surface area contributed by atoms with Gasteiger partial charge in [0, 0.05) is 51.0 Å². The molecule has 2 aliphatic rings. The summed E-state index contributed by atoms with van der Waals surface area (Å²) in [6, 6.07) is 6.87. The first-order valence-electron chi connectivity index (χ1n) is 11.9. The fraction of sp³-hybridized carbons (Fsp3) is 0.560. The number of carbonyl (C=O) groups excluding carboxylic acids is 3. The fourth-order valence-electron chi connectivity index (χ4n) is 4.56. The van der Waals surface area contributed by atoms with Crippen LogP contribution in [0.4, 0.5) is 9.59 Å². The van der Waals surface area contributed by atoms with E-state index in [2.05, 4.69) is 15.5 Å². The molecule has 2 unspecified atom stereocenters. The van der Waals surface area contributed by atoms with Gasteiger partial charge in [-0.3, -0.25) is 9.80 Å². The van der Waals surface area contributed by atoms with E-state index >= 15 is 0 Å². The smallest absolute Gasteiger partial charge is 0.338 e. The van der Waals surface area contributed by atoms with Crippen LogP contribution in [0.1, 0.15) is 44.9 Å². The Hall–Kier alpha value is -3.07. The molecule has 0 aliphatic carbocycles. The summed E-state index contributed by atoms with van der Waals surface area (Å²) >= 11 is 0. The van der Waals surface area contributed by atoms with Crippen LogP contribution in [-0.4, -0.2) is 84.6 Å². The van der Waals surface area contributed by atoms with Crippen LogP contribution in [0.5, 0.6) is 0 Å². The van der Waals surface area contributed by atoms with E-state index in [1.54, 1.807) is 14.0 Å². The van der Waals surface area contributed by atoms with Gasteiger partial charge in [0.15, 0.2) is 0 Å². The average Bonchev–Trinajstić information content (AvgIpc) is 2.76. The number of urea groups is 2. The summed E-state index contributed by atoms with van der Waals surface area (Å²) in [7, 11) is 1.67. The highest BCUT2D eigenvalue weighted by molar-refractivity contribution is 5.95. The van der Waals surface area contributed by atoms with Gasteiger partial charge in [-0.1, -0.05) is 24.3 Å². The van der Waals surface area contributed by atoms with Gasteiger partial charge in [-0.2, -0.15) is 0 Å². The zero-order valence-corrected chi connectivity index (χ0v) is 21.1. The average molecular weight is 472 g/mol. The van der Waals surface area contributed by atoms with Gasteiger partial charge in [0.1, 0.15) is 0 Å². The Morgan fingerprint density at radius 1 is 1.24 bits per heavy atom. The summed E-state index contributed by atoms with van der Waals surface area (Å²) < 4.78 is 5.43. The lowest BCUT2D eigenvalue weighted by Crippen LogP contribution is -2.58. The third kappa shape index (κ3) is 5.52. The van der Waals surface area contributed by atoms with Crippen molar-refractivity contribution in [3.05, 3.63) is 46.7 Å². The summed E-state index contributed by atoms with van der Waals surface area (Å²) in [6.07, 6.45) is 0. The van der Waals surface area contributed by atoms with E-state index < -0.39 is 12.0 Å². The number of aryl methyl sites for hydroxylation is 1.